The number of hydrogen-bond donors (Lipinski definition) is 0. The van der Waals surface area contributed by atoms with E-state index in [0.717, 1.165) is 12.8 Å². The summed E-state index contributed by atoms with van der Waals surface area (Å²) in [6.07, 6.45) is 6.57. The van der Waals surface area contributed by atoms with Gasteiger partial charge in [0.2, 0.25) is 0 Å². The molecule has 0 bridgehead atoms. The van der Waals surface area contributed by atoms with Gasteiger partial charge in [0.25, 0.3) is 0 Å². The fraction of sp³-hybridized carbons (Fsp3) is 0.818. The molecule has 0 radical (unpaired) electrons. The first-order valence-electron chi connectivity index (χ1n) is 5.53. The van der Waals surface area contributed by atoms with E-state index in [9.17, 15) is 19.8 Å². The van der Waals surface area contributed by atoms with Crippen molar-refractivity contribution >= 4 is 49.7 Å². The van der Waals surface area contributed by atoms with Gasteiger partial charge in [-0.1, -0.05) is 32.1 Å². The van der Waals surface area contributed by atoms with Crippen molar-refractivity contribution in [1.29, 1.82) is 0 Å². The van der Waals surface area contributed by atoms with E-state index in [0.29, 0.717) is 12.3 Å². The molecule has 16 heavy (non-hydrogen) atoms. The number of aliphatic carboxylic acids is 2. The zero-order valence-corrected chi connectivity index (χ0v) is 11.7. The summed E-state index contributed by atoms with van der Waals surface area (Å²) in [4.78, 5) is 21.0. The summed E-state index contributed by atoms with van der Waals surface area (Å²) >= 11 is 0. The average molecular weight is 252 g/mol. The molecule has 0 aromatic carbocycles. The summed E-state index contributed by atoms with van der Waals surface area (Å²) < 4.78 is 0. The molecule has 1 aliphatic rings. The first kappa shape index (κ1) is 16.2. The zero-order chi connectivity index (χ0) is 11.3. The molecule has 0 amide bonds. The van der Waals surface area contributed by atoms with Gasteiger partial charge in [0, 0.05) is 5.92 Å². The zero-order valence-electron chi connectivity index (χ0n) is 9.44. The maximum Gasteiger partial charge on any atom is 2.00 e. The maximum atomic E-state index is 10.5. The normalized spacial score (nSPS) is 16.8. The van der Waals surface area contributed by atoms with E-state index in [1.54, 1.807) is 0 Å². The number of carboxylic acids is 2. The van der Waals surface area contributed by atoms with E-state index < -0.39 is 17.9 Å². The quantitative estimate of drug-likeness (QED) is 0.468. The summed E-state index contributed by atoms with van der Waals surface area (Å²) in [5.74, 6) is -4.00. The topological polar surface area (TPSA) is 80.3 Å². The van der Waals surface area contributed by atoms with Gasteiger partial charge in [0.05, 0.1) is 11.9 Å². The van der Waals surface area contributed by atoms with Crippen LogP contribution in [0.15, 0.2) is 0 Å². The molecule has 0 atom stereocenters. The Kier molecular flexibility index (Phi) is 8.42. The van der Waals surface area contributed by atoms with E-state index in [1.165, 1.54) is 19.3 Å². The van der Waals surface area contributed by atoms with Gasteiger partial charge in [-0.05, 0) is 18.8 Å². The van der Waals surface area contributed by atoms with Crippen molar-refractivity contribution in [3.8, 4) is 0 Å². The predicted molar refractivity (Wildman–Crippen MR) is 55.1 cm³/mol. The molecule has 1 rings (SSSR count). The van der Waals surface area contributed by atoms with Gasteiger partial charge < -0.3 is 19.8 Å². The first-order chi connectivity index (χ1) is 7.11. The van der Waals surface area contributed by atoms with Crippen LogP contribution in [-0.2, 0) is 9.59 Å². The molecule has 1 saturated carbocycles. The van der Waals surface area contributed by atoms with Crippen LogP contribution in [0.2, 0.25) is 0 Å². The number of rotatable bonds is 5. The minimum atomic E-state index is -1.52. The molecule has 0 saturated heterocycles. The van der Waals surface area contributed by atoms with E-state index in [1.807, 2.05) is 0 Å². The molecule has 1 fully saturated rings. The molecule has 86 valence electrons. The van der Waals surface area contributed by atoms with Crippen molar-refractivity contribution in [2.24, 2.45) is 11.8 Å². The molecule has 1 aliphatic carbocycles. The second-order valence-corrected chi connectivity index (χ2v) is 4.27. The largest absolute Gasteiger partial charge is 2.00 e. The van der Waals surface area contributed by atoms with E-state index >= 15 is 0 Å². The Morgan fingerprint density at radius 1 is 1.06 bits per heavy atom. The summed E-state index contributed by atoms with van der Waals surface area (Å²) in [5, 5.41) is 21.0. The van der Waals surface area contributed by atoms with Crippen molar-refractivity contribution in [3.05, 3.63) is 0 Å². The van der Waals surface area contributed by atoms with E-state index in [-0.39, 0.29) is 44.2 Å². The molecule has 0 aromatic heterocycles. The third kappa shape index (κ3) is 5.50. The first-order valence-corrected chi connectivity index (χ1v) is 5.53. The van der Waals surface area contributed by atoms with Gasteiger partial charge in [-0.2, -0.15) is 0 Å². The van der Waals surface area contributed by atoms with Crippen LogP contribution in [0.4, 0.5) is 0 Å². The molecule has 5 heteroatoms. The van der Waals surface area contributed by atoms with Crippen LogP contribution in [-0.4, -0.2) is 49.7 Å². The summed E-state index contributed by atoms with van der Waals surface area (Å²) in [6, 6.07) is 0. The maximum absolute atomic E-state index is 10.5. The fourth-order valence-corrected chi connectivity index (χ4v) is 2.21. The molecule has 0 aromatic rings. The number of hydrogen-bond acceptors (Lipinski definition) is 4. The molecule has 4 nitrogen and oxygen atoms in total. The molecule has 0 aliphatic heterocycles. The Bertz CT molecular complexity index is 222. The van der Waals surface area contributed by atoms with Crippen molar-refractivity contribution < 1.29 is 19.8 Å². The van der Waals surface area contributed by atoms with Crippen LogP contribution in [0.25, 0.3) is 0 Å². The molecule has 0 heterocycles. The number of carbonyl (C=O) groups excluding carboxylic acids is 2. The van der Waals surface area contributed by atoms with Gasteiger partial charge in [-0.25, -0.2) is 0 Å². The fourth-order valence-electron chi connectivity index (χ4n) is 2.21. The number of carboxylic acid groups (broad SMARTS) is 2. The van der Waals surface area contributed by atoms with Crippen LogP contribution >= 0.6 is 0 Å². The Balaban J connectivity index is 0.00000225. The van der Waals surface area contributed by atoms with Gasteiger partial charge in [-0.3, -0.25) is 0 Å². The van der Waals surface area contributed by atoms with Crippen molar-refractivity contribution in [3.63, 3.8) is 0 Å². The monoisotopic (exact) mass is 252 g/mol. The summed E-state index contributed by atoms with van der Waals surface area (Å²) in [7, 11) is 0. The van der Waals surface area contributed by atoms with Crippen molar-refractivity contribution in [2.45, 2.75) is 44.9 Å². The smallest absolute Gasteiger partial charge is 0.549 e. The molecular weight excluding hydrogens is 236 g/mol. The number of carbonyl (C=O) groups is 2. The predicted octanol–water partition coefficient (Wildman–Crippen LogP) is -0.918. The summed E-state index contributed by atoms with van der Waals surface area (Å²) in [5.41, 5.74) is 0. The van der Waals surface area contributed by atoms with Crippen LogP contribution in [0.3, 0.4) is 0 Å². The Morgan fingerprint density at radius 2 is 1.56 bits per heavy atom. The Hall–Kier alpha value is 0.200. The molecule has 0 unspecified atom stereocenters. The second-order valence-electron chi connectivity index (χ2n) is 4.27. The molecule has 0 N–H and O–H groups in total. The minimum absolute atomic E-state index is 0. The van der Waals surface area contributed by atoms with Gasteiger partial charge in [-0.15, -0.1) is 0 Å². The van der Waals surface area contributed by atoms with Crippen molar-refractivity contribution in [2.75, 3.05) is 0 Å². The van der Waals surface area contributed by atoms with Crippen LogP contribution in [0.5, 0.6) is 0 Å². The van der Waals surface area contributed by atoms with Crippen LogP contribution < -0.4 is 10.2 Å². The van der Waals surface area contributed by atoms with Gasteiger partial charge in [0.1, 0.15) is 0 Å². The van der Waals surface area contributed by atoms with E-state index in [4.69, 9.17) is 0 Å². The average Bonchev–Trinajstić information content (AvgIpc) is 2.18. The standard InChI is InChI=1S/C11H18O4.Ca/c12-10(13)9(11(14)15)7-6-8-4-2-1-3-5-8;/h8-9H,1-7H2,(H,12,13)(H,14,15);/q;+2/p-2. The third-order valence-corrected chi connectivity index (χ3v) is 3.16. The van der Waals surface area contributed by atoms with Crippen LogP contribution in [0.1, 0.15) is 44.9 Å². The Morgan fingerprint density at radius 3 is 2.00 bits per heavy atom. The molecule has 0 spiro atoms. The Labute approximate surface area is 125 Å². The molecular formula is C11H16CaO4. The second kappa shape index (κ2) is 8.31. The minimum Gasteiger partial charge on any atom is -0.549 e. The van der Waals surface area contributed by atoms with Gasteiger partial charge >= 0.3 is 37.7 Å². The van der Waals surface area contributed by atoms with Crippen LogP contribution in [0, 0.1) is 11.8 Å². The van der Waals surface area contributed by atoms with E-state index in [2.05, 4.69) is 0 Å². The summed E-state index contributed by atoms with van der Waals surface area (Å²) in [6.45, 7) is 0. The third-order valence-electron chi connectivity index (χ3n) is 3.16. The van der Waals surface area contributed by atoms with Gasteiger partial charge in [0.15, 0.2) is 0 Å². The van der Waals surface area contributed by atoms with Crippen molar-refractivity contribution in [1.82, 2.24) is 0 Å². The SMILES string of the molecule is O=C([O-])C(CCC1CCCCC1)C(=O)[O-].[Ca+2].